The number of pyridine rings is 1. The van der Waals surface area contributed by atoms with Crippen molar-refractivity contribution in [1.29, 1.82) is 5.26 Å². The Kier molecular flexibility index (Phi) is 27.6. The number of fused-ring (bicyclic) bond motifs is 6. The van der Waals surface area contributed by atoms with E-state index in [1.165, 1.54) is 11.1 Å². The number of carbonyl (C=O) groups excluding carboxylic acids is 2. The summed E-state index contributed by atoms with van der Waals surface area (Å²) in [6.07, 6.45) is 53.6. The van der Waals surface area contributed by atoms with Crippen molar-refractivity contribution in [3.8, 4) is 74.9 Å². The first kappa shape index (κ1) is 94.7. The van der Waals surface area contributed by atoms with Crippen LogP contribution < -0.4 is 35.1 Å². The third-order valence-corrected chi connectivity index (χ3v) is 27.7. The quantitative estimate of drug-likeness (QED) is 0.102. The highest BCUT2D eigenvalue weighted by Gasteiger charge is 2.39. The van der Waals surface area contributed by atoms with Crippen LogP contribution in [0.5, 0.6) is 0 Å². The molecule has 9 atom stereocenters. The first-order chi connectivity index (χ1) is 70.3. The summed E-state index contributed by atoms with van der Waals surface area (Å²) in [7, 11) is 0. The van der Waals surface area contributed by atoms with Crippen molar-refractivity contribution in [1.82, 2.24) is 147 Å². The normalized spacial score (nSPS) is 20.9. The molecule has 9 aliphatic rings. The number of morpholine rings is 1. The number of halogens is 3. The van der Waals surface area contributed by atoms with Gasteiger partial charge in [-0.1, -0.05) is 29.8 Å². The molecule has 25 rings (SSSR count). The summed E-state index contributed by atoms with van der Waals surface area (Å²) >= 11 is 12.9. The molecule has 6 saturated heterocycles. The Bertz CT molecular complexity index is 7540. The summed E-state index contributed by atoms with van der Waals surface area (Å²) in [5.74, 6) is 7.78. The molecule has 9 unspecified atom stereocenters. The molecule has 0 aliphatic carbocycles. The molecule has 0 bridgehead atoms. The number of hydrogen-bond acceptors (Lipinski definition) is 35. The van der Waals surface area contributed by atoms with Gasteiger partial charge in [0.15, 0.2) is 63.1 Å². The lowest BCUT2D eigenvalue weighted by molar-refractivity contribution is -0.136. The number of aliphatic imine (C=N–C) groups is 3. The maximum absolute atomic E-state index is 12.1. The lowest BCUT2D eigenvalue weighted by atomic mass is 9.95. The summed E-state index contributed by atoms with van der Waals surface area (Å²) in [5.41, 5.74) is 13.2. The number of ether oxygens (including phenoxy) is 1. The van der Waals surface area contributed by atoms with Crippen molar-refractivity contribution >= 4 is 131 Å². The Morgan fingerprint density at radius 3 is 1.38 bits per heavy atom. The van der Waals surface area contributed by atoms with Crippen LogP contribution in [0.1, 0.15) is 66.5 Å². The molecular weight excluding hydrogens is 1980 g/mol. The second-order valence-corrected chi connectivity index (χ2v) is 37.9. The summed E-state index contributed by atoms with van der Waals surface area (Å²) < 4.78 is 17.0. The third-order valence-electron chi connectivity index (χ3n) is 26.7. The van der Waals surface area contributed by atoms with E-state index in [4.69, 9.17) is 46.5 Å². The van der Waals surface area contributed by atoms with Crippen molar-refractivity contribution in [2.24, 2.45) is 15.0 Å². The second kappa shape index (κ2) is 41.9. The Hall–Kier alpha value is -15.6. The number of rotatable bonds is 14. The highest BCUT2D eigenvalue weighted by Crippen LogP contribution is 2.35. The molecule has 9 aliphatic heterocycles. The van der Waals surface area contributed by atoms with Crippen LogP contribution in [0, 0.1) is 11.3 Å². The van der Waals surface area contributed by atoms with Gasteiger partial charge in [0.25, 0.3) is 0 Å². The number of nitriles is 1. The first-order valence-electron chi connectivity index (χ1n) is 47.5. The number of hydrogen-bond donors (Lipinski definition) is 2. The number of nitrogens with zero attached hydrogens (tertiary/aromatic N) is 37. The van der Waals surface area contributed by atoms with Gasteiger partial charge in [-0.25, -0.2) is 94.7 Å². The topological polar surface area (TPSA) is 444 Å². The monoisotopic (exact) mass is 2070 g/mol. The van der Waals surface area contributed by atoms with Gasteiger partial charge in [-0.2, -0.15) is 5.26 Å². The van der Waals surface area contributed by atoms with E-state index >= 15 is 0 Å². The summed E-state index contributed by atoms with van der Waals surface area (Å²) in [6, 6.07) is 17.6. The van der Waals surface area contributed by atoms with E-state index in [0.717, 1.165) is 173 Å². The Morgan fingerprint density at radius 1 is 0.444 bits per heavy atom. The van der Waals surface area contributed by atoms with Gasteiger partial charge in [0, 0.05) is 208 Å². The smallest absolute Gasteiger partial charge is 0.222 e. The molecule has 0 spiro atoms. The molecular formula is C99H98Br2ClN39O3. The predicted octanol–water partition coefficient (Wildman–Crippen LogP) is 10.6. The number of aromatic nitrogens is 26. The second-order valence-electron chi connectivity index (χ2n) is 35.8. The molecule has 42 nitrogen and oxygen atoms in total. The van der Waals surface area contributed by atoms with E-state index in [1.807, 2.05) is 126 Å². The number of carbonyl (C=O) groups is 2. The van der Waals surface area contributed by atoms with Crippen LogP contribution in [0.2, 0.25) is 5.15 Å². The number of piperazine rings is 4. The van der Waals surface area contributed by atoms with Crippen LogP contribution in [-0.2, 0) is 14.3 Å². The lowest BCUT2D eigenvalue weighted by Crippen LogP contribution is -2.61. The predicted molar refractivity (Wildman–Crippen MR) is 552 cm³/mol. The van der Waals surface area contributed by atoms with E-state index in [1.54, 1.807) is 117 Å². The Balaban J connectivity index is 0.000000106. The highest BCUT2D eigenvalue weighted by molar-refractivity contribution is 9.10. The van der Waals surface area contributed by atoms with Gasteiger partial charge in [-0.3, -0.25) is 56.5 Å². The molecule has 0 radical (unpaired) electrons. The molecule has 16 aromatic heterocycles. The fourth-order valence-electron chi connectivity index (χ4n) is 19.5. The van der Waals surface area contributed by atoms with E-state index in [0.29, 0.717) is 102 Å². The van der Waals surface area contributed by atoms with Crippen LogP contribution in [0.3, 0.4) is 0 Å². The minimum Gasteiger partial charge on any atom is -0.369 e. The summed E-state index contributed by atoms with van der Waals surface area (Å²) in [5, 5.41) is 16.9. The first-order valence-corrected chi connectivity index (χ1v) is 49.5. The van der Waals surface area contributed by atoms with Crippen LogP contribution >= 0.6 is 43.5 Å². The third kappa shape index (κ3) is 20.1. The zero-order chi connectivity index (χ0) is 98.6. The largest absolute Gasteiger partial charge is 0.369 e. The number of imidazole rings is 5. The molecule has 25 heterocycles. The standard InChI is InChI=1S/C21H20N8O.2C20H21BrN8.C20H18N8O.C18H18ClN7O/c1-15(30)27-7-9-28(10-8-27)19-4-6-23-21(26-19)18-12-25-20-13-24-17(14-29(18)20)16-3-2-5-22-11-16;2*1-12-10-28(13(2)19(26-12)14-3-5-22-7-14)17-4-6-23-20(27-17)15-8-25-18-9-24-16(21)11-29(15)18;1-13-19(14-2-4-22-9-14)29-7-6-27(13)17-3-5-23-20(26-17)16-10-25-18-11-24-15(8-21)12-28(16)18;19-14-11-26-13(8-22-16(26)9-21-14)18-20-5-4-15(23-18)24-6-7-25-12(10-24)2-1-3-17(25)27/h2-6,11-14H,7-10H2,1H3;2*3-4,6-9,11-13,19,26H,5,10H2,1-2H3;2-3,5,9-13,19H,4,6-7H2,1H3;4-5,8-9,11-12H,1-3,6-7,10H2. The van der Waals surface area contributed by atoms with Gasteiger partial charge in [-0.15, -0.1) is 0 Å². The molecule has 45 heteroatoms. The van der Waals surface area contributed by atoms with Crippen molar-refractivity contribution in [2.45, 2.75) is 115 Å². The molecule has 6 fully saturated rings. The molecule has 728 valence electrons. The van der Waals surface area contributed by atoms with Crippen molar-refractivity contribution in [3.05, 3.63) is 234 Å². The van der Waals surface area contributed by atoms with Gasteiger partial charge in [-0.05, 0) is 139 Å². The molecule has 0 saturated carbocycles. The lowest BCUT2D eigenvalue weighted by Gasteiger charge is -2.44. The maximum Gasteiger partial charge on any atom is 0.222 e. The van der Waals surface area contributed by atoms with E-state index < -0.39 is 0 Å². The van der Waals surface area contributed by atoms with E-state index in [9.17, 15) is 9.59 Å². The number of piperidine rings is 1. The number of anilines is 5. The van der Waals surface area contributed by atoms with Gasteiger partial charge < -0.3 is 49.7 Å². The minimum atomic E-state index is -0.0338. The van der Waals surface area contributed by atoms with Gasteiger partial charge in [0.05, 0.1) is 112 Å². The van der Waals surface area contributed by atoms with Gasteiger partial charge >= 0.3 is 0 Å². The minimum absolute atomic E-state index is 0.0338. The fraction of sp³-hybridized carbons (Fsp3) is 0.323. The maximum atomic E-state index is 12.1. The van der Waals surface area contributed by atoms with E-state index in [2.05, 4.69) is 215 Å². The molecule has 16 aromatic rings. The van der Waals surface area contributed by atoms with Crippen molar-refractivity contribution in [3.63, 3.8) is 0 Å². The average Bonchev–Trinajstić information content (AvgIpc) is 1.43. The Morgan fingerprint density at radius 2 is 0.889 bits per heavy atom. The summed E-state index contributed by atoms with van der Waals surface area (Å²) in [6.45, 7) is 23.2. The molecule has 2 N–H and O–H groups in total. The zero-order valence-electron chi connectivity index (χ0n) is 79.3. The average molecular weight is 2080 g/mol. The van der Waals surface area contributed by atoms with Crippen LogP contribution in [0.4, 0.5) is 29.1 Å². The van der Waals surface area contributed by atoms with Crippen molar-refractivity contribution < 1.29 is 14.3 Å². The van der Waals surface area contributed by atoms with Crippen molar-refractivity contribution in [2.75, 3.05) is 116 Å². The van der Waals surface area contributed by atoms with Crippen LogP contribution in [-0.4, -0.2) is 313 Å². The summed E-state index contributed by atoms with van der Waals surface area (Å²) in [4.78, 5) is 146. The number of amides is 2. The molecule has 144 heavy (non-hydrogen) atoms. The number of nitrogens with one attached hydrogen (secondary N) is 2. The zero-order valence-corrected chi connectivity index (χ0v) is 83.3. The molecule has 0 aromatic carbocycles. The van der Waals surface area contributed by atoms with Gasteiger partial charge in [0.2, 0.25) is 11.8 Å². The SMILES string of the molecule is CC(=O)N1CCN(c2ccnc(-c3cnc4cnc(-c5cccnc5)cn34)n2)CC1.CC1C(C2=CCN=C2)OCCN1c1ccnc(-c2cnc3cnc(C#N)cn23)n1.CC1CN(c2ccnc(-c3cnc4cnc(Br)cn34)n2)C(C)C(C2=CCN=C2)N1.CC1CN(c2ccnc(-c3cnc4cnc(Br)cn34)n2)C(C)C(C2=CCN=C2)N1.O=C1CCCC2CN(c3ccnc(-c4cnc5cnc(Cl)cn45)n3)CCN12. The van der Waals surface area contributed by atoms with Crippen LogP contribution in [0.25, 0.3) is 97.1 Å². The highest BCUT2D eigenvalue weighted by atomic mass is 79.9. The Labute approximate surface area is 847 Å². The van der Waals surface area contributed by atoms with E-state index in [-0.39, 0.29) is 54.2 Å². The van der Waals surface area contributed by atoms with Gasteiger partial charge in [0.1, 0.15) is 84.1 Å². The molecule has 2 amide bonds. The van der Waals surface area contributed by atoms with Crippen LogP contribution in [0.15, 0.2) is 238 Å². The fourth-order valence-corrected chi connectivity index (χ4v) is 20.2.